The number of benzene rings is 1. The molecule has 0 aliphatic heterocycles. The molecular weight excluding hydrogens is 250 g/mol. The van der Waals surface area contributed by atoms with Crippen LogP contribution in [-0.4, -0.2) is 21.3 Å². The van der Waals surface area contributed by atoms with Crippen LogP contribution >= 0.6 is 11.6 Å². The highest BCUT2D eigenvalue weighted by atomic mass is 35.5. The van der Waals surface area contributed by atoms with E-state index in [4.69, 9.17) is 16.9 Å². The number of aromatic nitrogens is 3. The van der Waals surface area contributed by atoms with Crippen LogP contribution < -0.4 is 5.32 Å². The minimum absolute atomic E-state index is 0.538. The van der Waals surface area contributed by atoms with Gasteiger partial charge in [0.05, 0.1) is 11.3 Å². The van der Waals surface area contributed by atoms with E-state index in [0.29, 0.717) is 23.6 Å². The van der Waals surface area contributed by atoms with Gasteiger partial charge in [0.25, 0.3) is 0 Å². The molecule has 0 spiro atoms. The monoisotopic (exact) mass is 261 g/mol. The maximum atomic E-state index is 8.99. The van der Waals surface area contributed by atoms with Crippen LogP contribution in [0.5, 0.6) is 0 Å². The molecule has 92 valence electrons. The number of aryl methyl sites for hydroxylation is 1. The topological polar surface area (TPSA) is 66.5 Å². The summed E-state index contributed by atoms with van der Waals surface area (Å²) in [7, 11) is 1.83. The van der Waals surface area contributed by atoms with Gasteiger partial charge in [0.15, 0.2) is 5.82 Å². The van der Waals surface area contributed by atoms with Gasteiger partial charge in [-0.1, -0.05) is 11.6 Å². The van der Waals surface area contributed by atoms with Gasteiger partial charge < -0.3 is 5.32 Å². The summed E-state index contributed by atoms with van der Waals surface area (Å²) in [6, 6.07) is 7.30. The molecule has 1 N–H and O–H groups in total. The Morgan fingerprint density at radius 1 is 1.50 bits per heavy atom. The Labute approximate surface area is 110 Å². The van der Waals surface area contributed by atoms with Crippen LogP contribution in [0.2, 0.25) is 5.02 Å². The first-order valence-corrected chi connectivity index (χ1v) is 5.85. The van der Waals surface area contributed by atoms with Gasteiger partial charge in [-0.05, 0) is 18.2 Å². The molecule has 2 rings (SSSR count). The molecule has 0 saturated heterocycles. The Morgan fingerprint density at radius 3 is 3.00 bits per heavy atom. The van der Waals surface area contributed by atoms with Crippen molar-refractivity contribution in [1.29, 1.82) is 5.26 Å². The lowest BCUT2D eigenvalue weighted by atomic mass is 10.2. The summed E-state index contributed by atoms with van der Waals surface area (Å²) in [5.41, 5.74) is 1.31. The Balaban J connectivity index is 1.96. The highest BCUT2D eigenvalue weighted by Crippen LogP contribution is 2.19. The summed E-state index contributed by atoms with van der Waals surface area (Å²) in [6.45, 7) is 0.667. The van der Waals surface area contributed by atoms with Crippen LogP contribution in [0, 0.1) is 11.3 Å². The van der Waals surface area contributed by atoms with Crippen molar-refractivity contribution < 1.29 is 0 Å². The van der Waals surface area contributed by atoms with Crippen LogP contribution in [0.3, 0.4) is 0 Å². The minimum Gasteiger partial charge on any atom is -0.384 e. The Morgan fingerprint density at radius 2 is 2.33 bits per heavy atom. The summed E-state index contributed by atoms with van der Waals surface area (Å²) in [5.74, 6) is 0.775. The number of nitrogens with zero attached hydrogens (tertiary/aromatic N) is 4. The summed E-state index contributed by atoms with van der Waals surface area (Å²) in [5, 5.41) is 16.9. The predicted octanol–water partition coefficient (Wildman–Crippen LogP) is 1.99. The molecule has 0 saturated carbocycles. The molecule has 0 bridgehead atoms. The lowest BCUT2D eigenvalue weighted by molar-refractivity contribution is 0.742. The highest BCUT2D eigenvalue weighted by Gasteiger charge is 2.03. The quantitative estimate of drug-likeness (QED) is 0.914. The van der Waals surface area contributed by atoms with Crippen LogP contribution in [-0.2, 0) is 13.5 Å². The fraction of sp³-hybridized carbons (Fsp3) is 0.250. The zero-order chi connectivity index (χ0) is 13.0. The predicted molar refractivity (Wildman–Crippen MR) is 69.4 cm³/mol. The van der Waals surface area contributed by atoms with E-state index in [9.17, 15) is 0 Å². The molecule has 1 heterocycles. The average Bonchev–Trinajstić information content (AvgIpc) is 2.77. The van der Waals surface area contributed by atoms with Crippen molar-refractivity contribution in [3.05, 3.63) is 40.9 Å². The van der Waals surface area contributed by atoms with E-state index in [1.54, 1.807) is 29.2 Å². The maximum Gasteiger partial charge on any atom is 0.152 e. The molecule has 18 heavy (non-hydrogen) atoms. The van der Waals surface area contributed by atoms with Gasteiger partial charge in [0, 0.05) is 25.0 Å². The largest absolute Gasteiger partial charge is 0.384 e. The molecular formula is C12H12ClN5. The second-order valence-corrected chi connectivity index (χ2v) is 4.25. The first kappa shape index (κ1) is 12.4. The van der Waals surface area contributed by atoms with E-state index in [1.807, 2.05) is 7.05 Å². The van der Waals surface area contributed by atoms with E-state index >= 15 is 0 Å². The molecule has 0 aliphatic carbocycles. The van der Waals surface area contributed by atoms with E-state index in [1.165, 1.54) is 0 Å². The SMILES string of the molecule is Cn1cnc(CCNc2ccc(Cl)cc2C#N)n1. The second kappa shape index (κ2) is 5.52. The summed E-state index contributed by atoms with van der Waals surface area (Å²) < 4.78 is 1.67. The molecule has 5 nitrogen and oxygen atoms in total. The fourth-order valence-electron chi connectivity index (χ4n) is 1.57. The van der Waals surface area contributed by atoms with E-state index in [2.05, 4.69) is 21.5 Å². The number of hydrogen-bond donors (Lipinski definition) is 1. The van der Waals surface area contributed by atoms with Crippen molar-refractivity contribution in [1.82, 2.24) is 14.8 Å². The lowest BCUT2D eigenvalue weighted by Gasteiger charge is -2.07. The number of rotatable bonds is 4. The van der Waals surface area contributed by atoms with Gasteiger partial charge in [0.1, 0.15) is 12.4 Å². The van der Waals surface area contributed by atoms with Crippen molar-refractivity contribution in [2.24, 2.45) is 7.05 Å². The first-order chi connectivity index (χ1) is 8.69. The summed E-state index contributed by atoms with van der Waals surface area (Å²) >= 11 is 5.83. The zero-order valence-corrected chi connectivity index (χ0v) is 10.6. The third-order valence-electron chi connectivity index (χ3n) is 2.41. The molecule has 0 fully saturated rings. The smallest absolute Gasteiger partial charge is 0.152 e. The lowest BCUT2D eigenvalue weighted by Crippen LogP contribution is -2.07. The standard InChI is InChI=1S/C12H12ClN5/c1-18-8-16-12(17-18)4-5-15-11-3-2-10(13)6-9(11)7-14/h2-3,6,8,15H,4-5H2,1H3. The molecule has 2 aromatic rings. The van der Waals surface area contributed by atoms with Crippen LogP contribution in [0.15, 0.2) is 24.5 Å². The number of hydrogen-bond acceptors (Lipinski definition) is 4. The van der Waals surface area contributed by atoms with Gasteiger partial charge in [-0.2, -0.15) is 10.4 Å². The highest BCUT2D eigenvalue weighted by molar-refractivity contribution is 6.30. The number of nitrogens with one attached hydrogen (secondary N) is 1. The molecule has 0 aliphatic rings. The van der Waals surface area contributed by atoms with E-state index in [0.717, 1.165) is 11.5 Å². The maximum absolute atomic E-state index is 8.99. The second-order valence-electron chi connectivity index (χ2n) is 3.81. The molecule has 1 aromatic heterocycles. The van der Waals surface area contributed by atoms with Crippen molar-refractivity contribution in [2.75, 3.05) is 11.9 Å². The van der Waals surface area contributed by atoms with Crippen molar-refractivity contribution >= 4 is 17.3 Å². The molecule has 0 radical (unpaired) electrons. The van der Waals surface area contributed by atoms with Gasteiger partial charge in [-0.15, -0.1) is 0 Å². The zero-order valence-electron chi connectivity index (χ0n) is 9.89. The van der Waals surface area contributed by atoms with Gasteiger partial charge in [-0.25, -0.2) is 4.98 Å². The van der Waals surface area contributed by atoms with Crippen molar-refractivity contribution in [3.8, 4) is 6.07 Å². The van der Waals surface area contributed by atoms with Gasteiger partial charge >= 0.3 is 0 Å². The minimum atomic E-state index is 0.538. The Kier molecular flexibility index (Phi) is 3.80. The Hall–Kier alpha value is -2.06. The Bertz CT molecular complexity index is 584. The number of halogens is 1. The number of nitriles is 1. The molecule has 0 unspecified atom stereocenters. The normalized spacial score (nSPS) is 10.1. The fourth-order valence-corrected chi connectivity index (χ4v) is 1.74. The van der Waals surface area contributed by atoms with Gasteiger partial charge in [0.2, 0.25) is 0 Å². The van der Waals surface area contributed by atoms with Crippen molar-refractivity contribution in [2.45, 2.75) is 6.42 Å². The summed E-state index contributed by atoms with van der Waals surface area (Å²) in [6.07, 6.45) is 2.37. The molecule has 6 heteroatoms. The molecule has 0 amide bonds. The van der Waals surface area contributed by atoms with Crippen molar-refractivity contribution in [3.63, 3.8) is 0 Å². The van der Waals surface area contributed by atoms with E-state index < -0.39 is 0 Å². The van der Waals surface area contributed by atoms with Crippen LogP contribution in [0.1, 0.15) is 11.4 Å². The van der Waals surface area contributed by atoms with Gasteiger partial charge in [-0.3, -0.25) is 4.68 Å². The average molecular weight is 262 g/mol. The molecule has 0 atom stereocenters. The van der Waals surface area contributed by atoms with Crippen LogP contribution in [0.4, 0.5) is 5.69 Å². The first-order valence-electron chi connectivity index (χ1n) is 5.47. The van der Waals surface area contributed by atoms with Crippen LogP contribution in [0.25, 0.3) is 0 Å². The third kappa shape index (κ3) is 2.99. The number of anilines is 1. The third-order valence-corrected chi connectivity index (χ3v) is 2.65. The summed E-state index contributed by atoms with van der Waals surface area (Å²) in [4.78, 5) is 4.13. The van der Waals surface area contributed by atoms with E-state index in [-0.39, 0.29) is 0 Å². The molecule has 1 aromatic carbocycles.